The van der Waals surface area contributed by atoms with Gasteiger partial charge in [0.1, 0.15) is 6.73 Å². The van der Waals surface area contributed by atoms with E-state index in [2.05, 4.69) is 12.2 Å². The van der Waals surface area contributed by atoms with Gasteiger partial charge in [-0.25, -0.2) is 9.69 Å². The van der Waals surface area contributed by atoms with Crippen LogP contribution >= 0.6 is 0 Å². The minimum absolute atomic E-state index is 0.0864. The molecular formula is C26H36N2O6. The lowest BCUT2D eigenvalue weighted by Gasteiger charge is -2.37. The second kappa shape index (κ2) is 14.0. The maximum Gasteiger partial charge on any atom is 0.328 e. The number of aliphatic hydroxyl groups excluding tert-OH is 1. The van der Waals surface area contributed by atoms with Gasteiger partial charge in [0.05, 0.1) is 45.1 Å². The second-order valence-electron chi connectivity index (χ2n) is 8.67. The average molecular weight is 473 g/mol. The molecule has 1 heterocycles. The van der Waals surface area contributed by atoms with Gasteiger partial charge in [0.2, 0.25) is 5.91 Å². The van der Waals surface area contributed by atoms with Gasteiger partial charge in [-0.2, -0.15) is 0 Å². The van der Waals surface area contributed by atoms with Crippen molar-refractivity contribution in [1.82, 2.24) is 9.80 Å². The number of nitrogens with zero attached hydrogens (tertiary/aromatic N) is 2. The molecule has 8 heteroatoms. The standard InChI is InChI=1S/C26H36N2O6/c1-21-16-27(26(31)28(25(21)30)20-33-19-23-10-6-3-7-11-23)13-12-24(17-29)34-15-14-32-18-22-8-4-2-5-9-22/h2-4,6-8,10-11,21,24,29H,5,9,12-20H2,1H3/t21?,24-/m0/s1. The minimum atomic E-state index is -0.399. The van der Waals surface area contributed by atoms with E-state index in [0.717, 1.165) is 23.3 Å². The molecule has 1 aromatic rings. The van der Waals surface area contributed by atoms with Gasteiger partial charge in [-0.05, 0) is 30.4 Å². The molecule has 0 aromatic heterocycles. The monoisotopic (exact) mass is 472 g/mol. The zero-order valence-corrected chi connectivity index (χ0v) is 19.9. The number of rotatable bonds is 14. The maximum absolute atomic E-state index is 12.9. The molecule has 0 saturated carbocycles. The number of imide groups is 1. The van der Waals surface area contributed by atoms with Crippen LogP contribution in [-0.2, 0) is 25.6 Å². The highest BCUT2D eigenvalue weighted by Gasteiger charge is 2.37. The van der Waals surface area contributed by atoms with Crippen molar-refractivity contribution in [2.45, 2.75) is 38.9 Å². The number of aliphatic hydroxyl groups is 1. The maximum atomic E-state index is 12.9. The Morgan fingerprint density at radius 1 is 1.12 bits per heavy atom. The summed E-state index contributed by atoms with van der Waals surface area (Å²) in [6.07, 6.45) is 8.41. The van der Waals surface area contributed by atoms with Gasteiger partial charge < -0.3 is 24.2 Å². The van der Waals surface area contributed by atoms with Crippen molar-refractivity contribution in [2.75, 3.05) is 46.2 Å². The quantitative estimate of drug-likeness (QED) is 0.419. The summed E-state index contributed by atoms with van der Waals surface area (Å²) in [4.78, 5) is 28.2. The summed E-state index contributed by atoms with van der Waals surface area (Å²) in [6.45, 7) is 4.04. The first kappa shape index (κ1) is 26.1. The van der Waals surface area contributed by atoms with Gasteiger partial charge in [0.25, 0.3) is 0 Å². The fourth-order valence-corrected chi connectivity index (χ4v) is 3.93. The number of carbonyl (C=O) groups excluding carboxylic acids is 2. The first-order valence-electron chi connectivity index (χ1n) is 11.9. The molecule has 1 aliphatic heterocycles. The Morgan fingerprint density at radius 3 is 2.68 bits per heavy atom. The highest BCUT2D eigenvalue weighted by Crippen LogP contribution is 2.18. The Kier molecular flexibility index (Phi) is 10.8. The van der Waals surface area contributed by atoms with Crippen molar-refractivity contribution in [2.24, 2.45) is 5.92 Å². The van der Waals surface area contributed by atoms with Gasteiger partial charge in [-0.3, -0.25) is 4.79 Å². The predicted molar refractivity (Wildman–Crippen MR) is 128 cm³/mol. The van der Waals surface area contributed by atoms with Gasteiger partial charge in [0.15, 0.2) is 0 Å². The van der Waals surface area contributed by atoms with Crippen LogP contribution < -0.4 is 0 Å². The molecule has 0 radical (unpaired) electrons. The second-order valence-corrected chi connectivity index (χ2v) is 8.67. The summed E-state index contributed by atoms with van der Waals surface area (Å²) >= 11 is 0. The number of hydrogen-bond donors (Lipinski definition) is 1. The normalized spacial score (nSPS) is 19.5. The van der Waals surface area contributed by atoms with Crippen molar-refractivity contribution in [3.05, 3.63) is 59.7 Å². The molecule has 0 bridgehead atoms. The highest BCUT2D eigenvalue weighted by atomic mass is 16.5. The Balaban J connectivity index is 1.39. The lowest BCUT2D eigenvalue weighted by molar-refractivity contribution is -0.141. The van der Waals surface area contributed by atoms with Crippen LogP contribution in [0, 0.1) is 5.92 Å². The average Bonchev–Trinajstić information content (AvgIpc) is 2.87. The molecule has 1 aromatic carbocycles. The Labute approximate surface area is 201 Å². The predicted octanol–water partition coefficient (Wildman–Crippen LogP) is 3.12. The lowest BCUT2D eigenvalue weighted by Crippen LogP contribution is -2.57. The zero-order chi connectivity index (χ0) is 24.2. The van der Waals surface area contributed by atoms with Crippen molar-refractivity contribution in [1.29, 1.82) is 0 Å². The number of ether oxygens (including phenoxy) is 3. The summed E-state index contributed by atoms with van der Waals surface area (Å²) in [5.41, 5.74) is 2.24. The zero-order valence-electron chi connectivity index (χ0n) is 19.9. The smallest absolute Gasteiger partial charge is 0.328 e. The summed E-state index contributed by atoms with van der Waals surface area (Å²) in [5.74, 6) is -0.547. The fourth-order valence-electron chi connectivity index (χ4n) is 3.93. The van der Waals surface area contributed by atoms with Crippen molar-refractivity contribution in [3.63, 3.8) is 0 Å². The molecule has 8 nitrogen and oxygen atoms in total. The van der Waals surface area contributed by atoms with Crippen LogP contribution in [0.25, 0.3) is 0 Å². The van der Waals surface area contributed by atoms with Crippen LogP contribution in [0.2, 0.25) is 0 Å². The molecule has 1 saturated heterocycles. The van der Waals surface area contributed by atoms with Gasteiger partial charge >= 0.3 is 6.03 Å². The molecular weight excluding hydrogens is 436 g/mol. The molecule has 1 fully saturated rings. The molecule has 1 N–H and O–H groups in total. The number of amides is 3. The minimum Gasteiger partial charge on any atom is -0.394 e. The number of urea groups is 1. The summed E-state index contributed by atoms with van der Waals surface area (Å²) in [7, 11) is 0. The van der Waals surface area contributed by atoms with Gasteiger partial charge in [-0.15, -0.1) is 0 Å². The molecule has 3 amide bonds. The van der Waals surface area contributed by atoms with Crippen molar-refractivity contribution in [3.8, 4) is 0 Å². The van der Waals surface area contributed by atoms with E-state index in [9.17, 15) is 14.7 Å². The number of hydrogen-bond acceptors (Lipinski definition) is 6. The molecule has 34 heavy (non-hydrogen) atoms. The van der Waals surface area contributed by atoms with E-state index in [1.54, 1.807) is 11.8 Å². The van der Waals surface area contributed by atoms with Crippen LogP contribution in [0.1, 0.15) is 31.7 Å². The topological polar surface area (TPSA) is 88.5 Å². The van der Waals surface area contributed by atoms with E-state index >= 15 is 0 Å². The number of allylic oxidation sites excluding steroid dienone is 3. The lowest BCUT2D eigenvalue weighted by atomic mass is 10.1. The van der Waals surface area contributed by atoms with E-state index in [-0.39, 0.29) is 31.2 Å². The molecule has 1 unspecified atom stereocenters. The largest absolute Gasteiger partial charge is 0.394 e. The van der Waals surface area contributed by atoms with Gasteiger partial charge in [0, 0.05) is 13.1 Å². The van der Waals surface area contributed by atoms with E-state index in [1.165, 1.54) is 5.57 Å². The van der Waals surface area contributed by atoms with E-state index in [1.807, 2.05) is 36.4 Å². The third-order valence-electron chi connectivity index (χ3n) is 5.91. The third-order valence-corrected chi connectivity index (χ3v) is 5.91. The molecule has 3 rings (SSSR count). The van der Waals surface area contributed by atoms with Crippen LogP contribution in [-0.4, -0.2) is 79.2 Å². The summed E-state index contributed by atoms with van der Waals surface area (Å²) in [5, 5.41) is 9.68. The van der Waals surface area contributed by atoms with Crippen LogP contribution in [0.3, 0.4) is 0 Å². The number of carbonyl (C=O) groups is 2. The van der Waals surface area contributed by atoms with Gasteiger partial charge in [-0.1, -0.05) is 55.5 Å². The van der Waals surface area contributed by atoms with Crippen LogP contribution in [0.5, 0.6) is 0 Å². The fraction of sp³-hybridized carbons (Fsp3) is 0.538. The Morgan fingerprint density at radius 2 is 1.94 bits per heavy atom. The van der Waals surface area contributed by atoms with Crippen molar-refractivity contribution >= 4 is 11.9 Å². The molecule has 0 spiro atoms. The van der Waals surface area contributed by atoms with Crippen molar-refractivity contribution < 1.29 is 28.9 Å². The number of benzene rings is 1. The highest BCUT2D eigenvalue weighted by molar-refractivity contribution is 5.97. The third kappa shape index (κ3) is 8.06. The summed E-state index contributed by atoms with van der Waals surface area (Å²) in [6, 6.07) is 9.24. The van der Waals surface area contributed by atoms with Crippen LogP contribution in [0.15, 0.2) is 54.1 Å². The van der Waals surface area contributed by atoms with E-state index in [4.69, 9.17) is 14.2 Å². The van der Waals surface area contributed by atoms with Crippen LogP contribution in [0.4, 0.5) is 4.79 Å². The first-order valence-corrected chi connectivity index (χ1v) is 11.9. The molecule has 2 aliphatic rings. The van der Waals surface area contributed by atoms with E-state index in [0.29, 0.717) is 45.9 Å². The SMILES string of the molecule is CC1CN(CC[C@@H](CO)OCCOCC2=CC=CCC2)C(=O)N(COCc2ccccc2)C1=O. The first-order chi connectivity index (χ1) is 16.6. The van der Waals surface area contributed by atoms with E-state index < -0.39 is 6.10 Å². The molecule has 1 aliphatic carbocycles. The Hall–Kier alpha value is -2.52. The summed E-state index contributed by atoms with van der Waals surface area (Å²) < 4.78 is 17.0. The molecule has 186 valence electrons. The Bertz CT molecular complexity index is 841. The molecule has 2 atom stereocenters.